The Hall–Kier alpha value is -1.96. The third-order valence-electron chi connectivity index (χ3n) is 4.56. The van der Waals surface area contributed by atoms with E-state index >= 15 is 0 Å². The average Bonchev–Trinajstić information content (AvgIpc) is 3.16. The molecule has 2 heterocycles. The van der Waals surface area contributed by atoms with Crippen molar-refractivity contribution in [3.8, 4) is 0 Å². The maximum absolute atomic E-state index is 12.4. The Bertz CT molecular complexity index is 598. The Kier molecular flexibility index (Phi) is 6.01. The fraction of sp³-hybridized carbons (Fsp3) is 0.556. The third kappa shape index (κ3) is 4.56. The number of methoxy groups -OCH3 is 1. The monoisotopic (exact) mass is 348 g/mol. The van der Waals surface area contributed by atoms with Gasteiger partial charge in [-0.2, -0.15) is 0 Å². The van der Waals surface area contributed by atoms with E-state index in [1.165, 1.54) is 7.11 Å². The lowest BCUT2D eigenvalue weighted by molar-refractivity contribution is -0.127. The number of carbonyl (C=O) groups excluding carboxylic acids is 2. The Balaban J connectivity index is 1.56. The first kappa shape index (κ1) is 17.8. The molecule has 136 valence electrons. The van der Waals surface area contributed by atoms with Gasteiger partial charge in [-0.05, 0) is 43.7 Å². The number of nitrogens with zero attached hydrogens (tertiary/aromatic N) is 1. The zero-order valence-electron chi connectivity index (χ0n) is 14.4. The van der Waals surface area contributed by atoms with Crippen LogP contribution in [-0.2, 0) is 19.0 Å². The summed E-state index contributed by atoms with van der Waals surface area (Å²) in [5.74, 6) is -0.485. The van der Waals surface area contributed by atoms with Crippen LogP contribution in [0.3, 0.4) is 0 Å². The van der Waals surface area contributed by atoms with E-state index in [2.05, 4.69) is 15.0 Å². The molecule has 2 aliphatic heterocycles. The van der Waals surface area contributed by atoms with Gasteiger partial charge in [-0.1, -0.05) is 6.42 Å². The molecule has 0 aliphatic carbocycles. The van der Waals surface area contributed by atoms with Crippen LogP contribution in [0, 0.1) is 0 Å². The first-order chi connectivity index (χ1) is 12.2. The van der Waals surface area contributed by atoms with Crippen molar-refractivity contribution >= 4 is 17.6 Å². The highest BCUT2D eigenvalue weighted by atomic mass is 16.7. The minimum absolute atomic E-state index is 0.0873. The maximum atomic E-state index is 12.4. The average molecular weight is 348 g/mol. The summed E-state index contributed by atoms with van der Waals surface area (Å²) in [6.07, 6.45) is 2.95. The smallest absolute Gasteiger partial charge is 0.337 e. The standard InChI is InChI=1S/C18H24N2O5/c1-23-17(22)13-5-7-14(8-6-13)19-16(21)12-20-9-3-2-4-15(20)18-24-10-11-25-18/h5-8,15,18H,2-4,9-12H2,1H3,(H,19,21)/t15-/m0/s1. The summed E-state index contributed by atoms with van der Waals surface area (Å²) in [5.41, 5.74) is 1.10. The Morgan fingerprint density at radius 2 is 1.92 bits per heavy atom. The number of hydrogen-bond donors (Lipinski definition) is 1. The largest absolute Gasteiger partial charge is 0.465 e. The number of nitrogens with one attached hydrogen (secondary N) is 1. The highest BCUT2D eigenvalue weighted by molar-refractivity contribution is 5.94. The van der Waals surface area contributed by atoms with Crippen molar-refractivity contribution in [3.63, 3.8) is 0 Å². The molecule has 1 aromatic carbocycles. The van der Waals surface area contributed by atoms with E-state index in [-0.39, 0.29) is 18.2 Å². The fourth-order valence-electron chi connectivity index (χ4n) is 3.31. The van der Waals surface area contributed by atoms with Crippen molar-refractivity contribution in [3.05, 3.63) is 29.8 Å². The SMILES string of the molecule is COC(=O)c1ccc(NC(=O)CN2CCCC[C@H]2C2OCCO2)cc1. The number of carbonyl (C=O) groups is 2. The summed E-state index contributed by atoms with van der Waals surface area (Å²) in [4.78, 5) is 26.0. The Morgan fingerprint density at radius 3 is 2.60 bits per heavy atom. The molecule has 25 heavy (non-hydrogen) atoms. The second-order valence-electron chi connectivity index (χ2n) is 6.26. The minimum atomic E-state index is -0.398. The van der Waals surface area contributed by atoms with Gasteiger partial charge in [0.2, 0.25) is 5.91 Å². The number of ether oxygens (including phenoxy) is 3. The van der Waals surface area contributed by atoms with Gasteiger partial charge in [0.1, 0.15) is 0 Å². The zero-order valence-corrected chi connectivity index (χ0v) is 14.4. The summed E-state index contributed by atoms with van der Waals surface area (Å²) < 4.78 is 15.9. The third-order valence-corrected chi connectivity index (χ3v) is 4.56. The van der Waals surface area contributed by atoms with Crippen molar-refractivity contribution in [2.75, 3.05) is 38.7 Å². The van der Waals surface area contributed by atoms with Gasteiger partial charge in [0, 0.05) is 5.69 Å². The Morgan fingerprint density at radius 1 is 1.20 bits per heavy atom. The lowest BCUT2D eigenvalue weighted by atomic mass is 10.0. The molecule has 0 bridgehead atoms. The predicted octanol–water partition coefficient (Wildman–Crippen LogP) is 1.64. The van der Waals surface area contributed by atoms with Gasteiger partial charge < -0.3 is 19.5 Å². The van der Waals surface area contributed by atoms with Crippen LogP contribution in [-0.4, -0.2) is 62.5 Å². The number of likely N-dealkylation sites (tertiary alicyclic amines) is 1. The normalized spacial score (nSPS) is 21.9. The van der Waals surface area contributed by atoms with Crippen molar-refractivity contribution in [2.24, 2.45) is 0 Å². The second-order valence-corrected chi connectivity index (χ2v) is 6.26. The van der Waals surface area contributed by atoms with Gasteiger partial charge in [0.05, 0.1) is 38.5 Å². The molecule has 0 unspecified atom stereocenters. The molecule has 0 spiro atoms. The molecular formula is C18H24N2O5. The molecule has 3 rings (SSSR count). The predicted molar refractivity (Wildman–Crippen MR) is 91.3 cm³/mol. The van der Waals surface area contributed by atoms with E-state index in [4.69, 9.17) is 9.47 Å². The molecular weight excluding hydrogens is 324 g/mol. The molecule has 1 atom stereocenters. The van der Waals surface area contributed by atoms with Crippen LogP contribution in [0.1, 0.15) is 29.6 Å². The van der Waals surface area contributed by atoms with E-state index < -0.39 is 5.97 Å². The second kappa shape index (κ2) is 8.42. The lowest BCUT2D eigenvalue weighted by Crippen LogP contribution is -2.50. The van der Waals surface area contributed by atoms with Crippen LogP contribution in [0.5, 0.6) is 0 Å². The fourth-order valence-corrected chi connectivity index (χ4v) is 3.31. The number of esters is 1. The first-order valence-corrected chi connectivity index (χ1v) is 8.63. The van der Waals surface area contributed by atoms with Crippen molar-refractivity contribution in [1.82, 2.24) is 4.90 Å². The number of hydrogen-bond acceptors (Lipinski definition) is 6. The summed E-state index contributed by atoms with van der Waals surface area (Å²) in [6.45, 7) is 2.40. The molecule has 0 saturated carbocycles. The summed E-state index contributed by atoms with van der Waals surface area (Å²) in [7, 11) is 1.34. The maximum Gasteiger partial charge on any atom is 0.337 e. The van der Waals surface area contributed by atoms with Gasteiger partial charge in [-0.25, -0.2) is 4.79 Å². The van der Waals surface area contributed by atoms with Gasteiger partial charge in [0.15, 0.2) is 6.29 Å². The molecule has 1 N–H and O–H groups in total. The van der Waals surface area contributed by atoms with Crippen LogP contribution in [0.15, 0.2) is 24.3 Å². The molecule has 2 fully saturated rings. The number of anilines is 1. The first-order valence-electron chi connectivity index (χ1n) is 8.63. The zero-order chi connectivity index (χ0) is 17.6. The minimum Gasteiger partial charge on any atom is -0.465 e. The molecule has 7 nitrogen and oxygen atoms in total. The highest BCUT2D eigenvalue weighted by Gasteiger charge is 2.34. The van der Waals surface area contributed by atoms with Crippen molar-refractivity contribution < 1.29 is 23.8 Å². The van der Waals surface area contributed by atoms with Crippen LogP contribution in [0.25, 0.3) is 0 Å². The van der Waals surface area contributed by atoms with Crippen LogP contribution in [0.2, 0.25) is 0 Å². The van der Waals surface area contributed by atoms with E-state index in [1.54, 1.807) is 24.3 Å². The van der Waals surface area contributed by atoms with Gasteiger partial charge in [-0.15, -0.1) is 0 Å². The van der Waals surface area contributed by atoms with Gasteiger partial charge in [-0.3, -0.25) is 9.69 Å². The molecule has 7 heteroatoms. The Labute approximate surface area is 147 Å². The van der Waals surface area contributed by atoms with E-state index in [0.717, 1.165) is 25.8 Å². The van der Waals surface area contributed by atoms with Gasteiger partial charge >= 0.3 is 5.97 Å². The molecule has 2 aliphatic rings. The number of rotatable bonds is 5. The van der Waals surface area contributed by atoms with Crippen LogP contribution in [0.4, 0.5) is 5.69 Å². The van der Waals surface area contributed by atoms with Gasteiger partial charge in [0.25, 0.3) is 0 Å². The summed E-state index contributed by atoms with van der Waals surface area (Å²) in [6, 6.07) is 6.78. The summed E-state index contributed by atoms with van der Waals surface area (Å²) in [5, 5.41) is 2.87. The van der Waals surface area contributed by atoms with Crippen molar-refractivity contribution in [2.45, 2.75) is 31.6 Å². The molecule has 2 saturated heterocycles. The van der Waals surface area contributed by atoms with E-state index in [1.807, 2.05) is 0 Å². The number of benzene rings is 1. The van der Waals surface area contributed by atoms with E-state index in [9.17, 15) is 9.59 Å². The van der Waals surface area contributed by atoms with Crippen LogP contribution >= 0.6 is 0 Å². The molecule has 1 aromatic rings. The van der Waals surface area contributed by atoms with E-state index in [0.29, 0.717) is 31.0 Å². The number of piperidine rings is 1. The molecule has 0 aromatic heterocycles. The quantitative estimate of drug-likeness (QED) is 0.815. The highest BCUT2D eigenvalue weighted by Crippen LogP contribution is 2.24. The number of amides is 1. The summed E-state index contributed by atoms with van der Waals surface area (Å²) >= 11 is 0. The lowest BCUT2D eigenvalue weighted by Gasteiger charge is -2.37. The molecule has 0 radical (unpaired) electrons. The topological polar surface area (TPSA) is 77.1 Å². The van der Waals surface area contributed by atoms with Crippen LogP contribution < -0.4 is 5.32 Å². The van der Waals surface area contributed by atoms with Crippen molar-refractivity contribution in [1.29, 1.82) is 0 Å². The molecule has 1 amide bonds.